The molecule has 2 saturated carbocycles. The minimum absolute atomic E-state index is 0.303. The van der Waals surface area contributed by atoms with Crippen molar-refractivity contribution >= 4 is 0 Å². The van der Waals surface area contributed by atoms with Crippen LogP contribution in [-0.4, -0.2) is 15.8 Å². The van der Waals surface area contributed by atoms with Crippen molar-refractivity contribution in [2.45, 2.75) is 57.4 Å². The standard InChI is InChI=1S/C16H27N3/c1-19-9-8-15(18-19)11-16(17)14-7-6-12-4-2-3-5-13(12)10-14/h8-9,12-14,16H,2-7,10-11,17H2,1H3. The SMILES string of the molecule is Cn1ccc(CC(N)C2CCC3CCCCC3C2)n1. The van der Waals surface area contributed by atoms with E-state index in [1.165, 1.54) is 44.9 Å². The van der Waals surface area contributed by atoms with Crippen LogP contribution >= 0.6 is 0 Å². The second-order valence-corrected chi connectivity index (χ2v) is 6.73. The van der Waals surface area contributed by atoms with Gasteiger partial charge in [0.05, 0.1) is 5.69 Å². The first-order valence-corrected chi connectivity index (χ1v) is 7.96. The minimum Gasteiger partial charge on any atom is -0.327 e. The molecule has 1 aromatic heterocycles. The summed E-state index contributed by atoms with van der Waals surface area (Å²) in [7, 11) is 1.97. The first-order valence-electron chi connectivity index (χ1n) is 7.96. The molecule has 4 atom stereocenters. The van der Waals surface area contributed by atoms with Crippen LogP contribution in [0.2, 0.25) is 0 Å². The molecular weight excluding hydrogens is 234 g/mol. The van der Waals surface area contributed by atoms with Gasteiger partial charge in [-0.15, -0.1) is 0 Å². The molecule has 106 valence electrons. The molecule has 0 aliphatic heterocycles. The lowest BCUT2D eigenvalue weighted by molar-refractivity contribution is 0.117. The van der Waals surface area contributed by atoms with E-state index in [1.807, 2.05) is 17.9 Å². The highest BCUT2D eigenvalue weighted by Gasteiger charge is 2.34. The van der Waals surface area contributed by atoms with Gasteiger partial charge in [0, 0.05) is 25.7 Å². The van der Waals surface area contributed by atoms with E-state index in [9.17, 15) is 0 Å². The van der Waals surface area contributed by atoms with Gasteiger partial charge in [-0.2, -0.15) is 5.10 Å². The van der Waals surface area contributed by atoms with Crippen molar-refractivity contribution in [2.75, 3.05) is 0 Å². The zero-order chi connectivity index (χ0) is 13.2. The number of rotatable bonds is 3. The Bertz CT molecular complexity index is 412. The maximum Gasteiger partial charge on any atom is 0.0640 e. The van der Waals surface area contributed by atoms with Crippen LogP contribution in [0.1, 0.15) is 50.6 Å². The number of nitrogens with zero attached hydrogens (tertiary/aromatic N) is 2. The van der Waals surface area contributed by atoms with Gasteiger partial charge in [0.15, 0.2) is 0 Å². The summed E-state index contributed by atoms with van der Waals surface area (Å²) in [6, 6.07) is 2.41. The van der Waals surface area contributed by atoms with Crippen LogP contribution in [0.4, 0.5) is 0 Å². The Morgan fingerprint density at radius 1 is 1.26 bits per heavy atom. The molecule has 2 aliphatic carbocycles. The second-order valence-electron chi connectivity index (χ2n) is 6.73. The van der Waals surface area contributed by atoms with Crippen LogP contribution in [0.15, 0.2) is 12.3 Å². The summed E-state index contributed by atoms with van der Waals surface area (Å²) in [5, 5.41) is 4.46. The summed E-state index contributed by atoms with van der Waals surface area (Å²) in [5.74, 6) is 2.72. The van der Waals surface area contributed by atoms with E-state index in [4.69, 9.17) is 5.73 Å². The van der Waals surface area contributed by atoms with E-state index in [2.05, 4.69) is 11.2 Å². The second kappa shape index (κ2) is 5.66. The van der Waals surface area contributed by atoms with Gasteiger partial charge >= 0.3 is 0 Å². The Morgan fingerprint density at radius 3 is 2.79 bits per heavy atom. The third-order valence-electron chi connectivity index (χ3n) is 5.40. The van der Waals surface area contributed by atoms with Crippen LogP contribution in [0.5, 0.6) is 0 Å². The summed E-state index contributed by atoms with van der Waals surface area (Å²) in [5.41, 5.74) is 7.62. The van der Waals surface area contributed by atoms with E-state index in [-0.39, 0.29) is 0 Å². The fourth-order valence-corrected chi connectivity index (χ4v) is 4.28. The monoisotopic (exact) mass is 261 g/mol. The predicted molar refractivity (Wildman–Crippen MR) is 77.7 cm³/mol. The van der Waals surface area contributed by atoms with Crippen molar-refractivity contribution in [1.82, 2.24) is 9.78 Å². The number of hydrogen-bond acceptors (Lipinski definition) is 2. The van der Waals surface area contributed by atoms with Crippen LogP contribution in [0, 0.1) is 17.8 Å². The summed E-state index contributed by atoms with van der Waals surface area (Å²) in [6.45, 7) is 0. The lowest BCUT2D eigenvalue weighted by Crippen LogP contribution is -2.39. The highest BCUT2D eigenvalue weighted by molar-refractivity contribution is 5.02. The summed E-state index contributed by atoms with van der Waals surface area (Å²) in [4.78, 5) is 0. The highest BCUT2D eigenvalue weighted by Crippen LogP contribution is 2.43. The summed E-state index contributed by atoms with van der Waals surface area (Å²) in [6.07, 6.45) is 12.9. The molecule has 2 N–H and O–H groups in total. The number of aryl methyl sites for hydroxylation is 1. The first-order chi connectivity index (χ1) is 9.22. The lowest BCUT2D eigenvalue weighted by Gasteiger charge is -2.41. The molecule has 2 fully saturated rings. The van der Waals surface area contributed by atoms with Crippen molar-refractivity contribution < 1.29 is 0 Å². The Hall–Kier alpha value is -0.830. The third kappa shape index (κ3) is 3.02. The van der Waals surface area contributed by atoms with Gasteiger partial charge in [-0.3, -0.25) is 4.68 Å². The molecule has 0 saturated heterocycles. The molecule has 3 heteroatoms. The zero-order valence-corrected chi connectivity index (χ0v) is 12.1. The normalized spacial score (nSPS) is 32.8. The van der Waals surface area contributed by atoms with Gasteiger partial charge in [-0.1, -0.05) is 25.7 Å². The van der Waals surface area contributed by atoms with E-state index in [0.717, 1.165) is 29.9 Å². The van der Waals surface area contributed by atoms with Crippen molar-refractivity contribution in [2.24, 2.45) is 30.5 Å². The molecule has 19 heavy (non-hydrogen) atoms. The summed E-state index contributed by atoms with van der Waals surface area (Å²) < 4.78 is 1.88. The van der Waals surface area contributed by atoms with Crippen molar-refractivity contribution in [1.29, 1.82) is 0 Å². The van der Waals surface area contributed by atoms with Gasteiger partial charge < -0.3 is 5.73 Å². The summed E-state index contributed by atoms with van der Waals surface area (Å²) >= 11 is 0. The molecule has 0 bridgehead atoms. The quantitative estimate of drug-likeness (QED) is 0.909. The van der Waals surface area contributed by atoms with Gasteiger partial charge in [-0.25, -0.2) is 0 Å². The predicted octanol–water partition coefficient (Wildman–Crippen LogP) is 2.90. The van der Waals surface area contributed by atoms with Gasteiger partial charge in [-0.05, 0) is 43.1 Å². The maximum atomic E-state index is 6.46. The molecule has 1 aromatic rings. The number of nitrogens with two attached hydrogens (primary N) is 1. The lowest BCUT2D eigenvalue weighted by atomic mass is 9.66. The number of hydrogen-bond donors (Lipinski definition) is 1. The molecule has 3 rings (SSSR count). The minimum atomic E-state index is 0.303. The average Bonchev–Trinajstić information content (AvgIpc) is 2.83. The molecule has 3 nitrogen and oxygen atoms in total. The van der Waals surface area contributed by atoms with E-state index < -0.39 is 0 Å². The van der Waals surface area contributed by atoms with Gasteiger partial charge in [0.1, 0.15) is 0 Å². The van der Waals surface area contributed by atoms with Crippen molar-refractivity contribution in [3.63, 3.8) is 0 Å². The Balaban J connectivity index is 1.56. The van der Waals surface area contributed by atoms with Crippen molar-refractivity contribution in [3.05, 3.63) is 18.0 Å². The molecule has 0 radical (unpaired) electrons. The van der Waals surface area contributed by atoms with E-state index >= 15 is 0 Å². The van der Waals surface area contributed by atoms with Crippen LogP contribution in [-0.2, 0) is 13.5 Å². The van der Waals surface area contributed by atoms with Crippen LogP contribution in [0.3, 0.4) is 0 Å². The number of aromatic nitrogens is 2. The molecule has 0 amide bonds. The third-order valence-corrected chi connectivity index (χ3v) is 5.40. The maximum absolute atomic E-state index is 6.46. The van der Waals surface area contributed by atoms with E-state index in [0.29, 0.717) is 6.04 Å². The van der Waals surface area contributed by atoms with Crippen molar-refractivity contribution in [3.8, 4) is 0 Å². The highest BCUT2D eigenvalue weighted by atomic mass is 15.2. The molecule has 0 aromatic carbocycles. The topological polar surface area (TPSA) is 43.8 Å². The first kappa shape index (κ1) is 13.2. The molecule has 2 aliphatic rings. The zero-order valence-electron chi connectivity index (χ0n) is 12.1. The molecular formula is C16H27N3. The largest absolute Gasteiger partial charge is 0.327 e. The molecule has 0 spiro atoms. The van der Waals surface area contributed by atoms with E-state index in [1.54, 1.807) is 0 Å². The van der Waals surface area contributed by atoms with Gasteiger partial charge in [0.2, 0.25) is 0 Å². The Labute approximate surface area is 116 Å². The number of fused-ring (bicyclic) bond motifs is 1. The smallest absolute Gasteiger partial charge is 0.0640 e. The average molecular weight is 261 g/mol. The molecule has 4 unspecified atom stereocenters. The van der Waals surface area contributed by atoms with Gasteiger partial charge in [0.25, 0.3) is 0 Å². The van der Waals surface area contributed by atoms with Crippen LogP contribution in [0.25, 0.3) is 0 Å². The van der Waals surface area contributed by atoms with Crippen LogP contribution < -0.4 is 5.73 Å². The fraction of sp³-hybridized carbons (Fsp3) is 0.812. The fourth-order valence-electron chi connectivity index (χ4n) is 4.28. The molecule has 1 heterocycles. The Kier molecular flexibility index (Phi) is 3.92. The Morgan fingerprint density at radius 2 is 2.05 bits per heavy atom.